The molecule has 204 valence electrons. The molecule has 1 aliphatic heterocycles. The van der Waals surface area contributed by atoms with Crippen LogP contribution in [0, 0.1) is 24.1 Å². The van der Waals surface area contributed by atoms with E-state index in [1.54, 1.807) is 0 Å². The van der Waals surface area contributed by atoms with Crippen LogP contribution in [0.15, 0.2) is 30.0 Å². The Morgan fingerprint density at radius 1 is 1.31 bits per heavy atom. The molecule has 1 aliphatic rings. The van der Waals surface area contributed by atoms with Gasteiger partial charge >= 0.3 is 202 Å². The molecule has 15 heteroatoms. The molecular weight excluding hydrogens is 552 g/mol. The molecule has 1 heterocycles. The minimum absolute atomic E-state index is 0. The standard InChI is InChI=1S/C21H18F7N2O4.Ni.H2O/c1-4-10(5-8-13(29)31)30-18(32)17-14(9(2)20(3,34-17)21(26,27)28)11-6-7-12(22)15(23)16(11)33-19(24)25;;/h1,4-7,9,14,17,19H,2-3H3,(H2,29,31)(H,30,32);;1H2/q-1;;/b10-5+;;/t9-,14+,17-,20+;;/m0../s1. The van der Waals surface area contributed by atoms with E-state index in [-0.39, 0.29) is 11.2 Å². The van der Waals surface area contributed by atoms with Crippen LogP contribution in [-0.2, 0) is 29.4 Å². The third-order valence-electron chi connectivity index (χ3n) is 5.51. The summed E-state index contributed by atoms with van der Waals surface area (Å²) in [5.41, 5.74) is 0.969. The summed E-state index contributed by atoms with van der Waals surface area (Å²) in [5, 5.41) is 2.09. The zero-order valence-corrected chi connectivity index (χ0v) is 19.4. The molecule has 0 bridgehead atoms. The van der Waals surface area contributed by atoms with Crippen molar-refractivity contribution in [3.05, 3.63) is 53.8 Å². The fourth-order valence-corrected chi connectivity index (χ4v) is 3.73. The second kappa shape index (κ2) is 11.5. The van der Waals surface area contributed by atoms with Gasteiger partial charge in [0.1, 0.15) is 0 Å². The Kier molecular flexibility index (Phi) is 10.0. The summed E-state index contributed by atoms with van der Waals surface area (Å²) in [4.78, 5) is 24.1. The van der Waals surface area contributed by atoms with Crippen LogP contribution in [0.3, 0.4) is 0 Å². The number of nitrogens with one attached hydrogen (secondary N) is 1. The zero-order valence-electron chi connectivity index (χ0n) is 18.4. The van der Waals surface area contributed by atoms with Crippen molar-refractivity contribution in [3.8, 4) is 5.75 Å². The first-order valence-electron chi connectivity index (χ1n) is 9.59. The van der Waals surface area contributed by atoms with Gasteiger partial charge in [-0.15, -0.1) is 0 Å². The summed E-state index contributed by atoms with van der Waals surface area (Å²) in [6.07, 6.45) is -5.55. The first kappa shape index (κ1) is 31.3. The van der Waals surface area contributed by atoms with Crippen LogP contribution in [0.25, 0.3) is 0 Å². The Morgan fingerprint density at radius 3 is 2.36 bits per heavy atom. The van der Waals surface area contributed by atoms with Gasteiger partial charge in [0.15, 0.2) is 0 Å². The number of carbonyl (C=O) groups is 2. The molecule has 0 aliphatic carbocycles. The summed E-state index contributed by atoms with van der Waals surface area (Å²) in [7, 11) is 0. The minimum atomic E-state index is -5.07. The van der Waals surface area contributed by atoms with Crippen LogP contribution < -0.4 is 15.8 Å². The number of allylic oxidation sites excluding steroid dienone is 1. The van der Waals surface area contributed by atoms with Crippen molar-refractivity contribution in [2.75, 3.05) is 0 Å². The molecule has 1 aromatic rings. The van der Waals surface area contributed by atoms with E-state index in [0.29, 0.717) is 13.0 Å². The number of rotatable bonds is 8. The van der Waals surface area contributed by atoms with Gasteiger partial charge in [-0.2, -0.15) is 0 Å². The second-order valence-corrected chi connectivity index (χ2v) is 8.08. The van der Waals surface area contributed by atoms with Crippen molar-refractivity contribution in [1.82, 2.24) is 5.32 Å². The Balaban J connectivity index is 0.00000648. The summed E-state index contributed by atoms with van der Waals surface area (Å²) < 4.78 is 104. The molecule has 0 aromatic heterocycles. The number of ether oxygens (including phenoxy) is 2. The van der Waals surface area contributed by atoms with Gasteiger partial charge in [0, 0.05) is 0 Å². The molecule has 0 spiro atoms. The van der Waals surface area contributed by atoms with Crippen molar-refractivity contribution in [1.29, 1.82) is 0 Å². The van der Waals surface area contributed by atoms with Gasteiger partial charge in [0.05, 0.1) is 0 Å². The van der Waals surface area contributed by atoms with Crippen LogP contribution in [0.5, 0.6) is 5.75 Å². The number of halogens is 7. The molecule has 7 nitrogen and oxygen atoms in total. The average Bonchev–Trinajstić information content (AvgIpc) is 3.02. The molecular formula is C21H20F7N2NiO5-. The van der Waals surface area contributed by atoms with E-state index in [4.69, 9.17) is 17.0 Å². The van der Waals surface area contributed by atoms with Gasteiger partial charge in [-0.1, -0.05) is 0 Å². The number of nitrogens with two attached hydrogens (primary N) is 1. The van der Waals surface area contributed by atoms with Gasteiger partial charge in [0.2, 0.25) is 0 Å². The van der Waals surface area contributed by atoms with Crippen molar-refractivity contribution in [2.24, 2.45) is 11.7 Å². The van der Waals surface area contributed by atoms with E-state index in [1.165, 1.54) is 0 Å². The van der Waals surface area contributed by atoms with Gasteiger partial charge < -0.3 is 5.48 Å². The molecule has 1 saturated heterocycles. The average molecular weight is 572 g/mol. The molecule has 2 rings (SSSR count). The van der Waals surface area contributed by atoms with Crippen LogP contribution in [0.2, 0.25) is 0 Å². The summed E-state index contributed by atoms with van der Waals surface area (Å²) in [6.45, 7) is 3.29. The maximum atomic E-state index is 14.4. The van der Waals surface area contributed by atoms with E-state index in [0.717, 1.165) is 25.1 Å². The first-order valence-corrected chi connectivity index (χ1v) is 10.1. The van der Waals surface area contributed by atoms with Crippen molar-refractivity contribution >= 4 is 16.3 Å². The van der Waals surface area contributed by atoms with Gasteiger partial charge in [-0.25, -0.2) is 0 Å². The monoisotopic (exact) mass is 571 g/mol. The molecule has 1 fully saturated rings. The second-order valence-electron chi connectivity index (χ2n) is 7.55. The number of hydrogen-bond acceptors (Lipinski definition) is 4. The number of carbonyl (C=O) groups excluding carboxylic acids is 2. The van der Waals surface area contributed by atoms with Gasteiger partial charge in [-0.05, 0) is 0 Å². The zero-order chi connectivity index (χ0) is 26.9. The number of amides is 2. The molecule has 5 N–H and O–H groups in total. The summed E-state index contributed by atoms with van der Waals surface area (Å²) in [6, 6.07) is 1.21. The Bertz CT molecular complexity index is 1080. The van der Waals surface area contributed by atoms with Crippen LogP contribution in [0.1, 0.15) is 25.3 Å². The number of alkyl halides is 5. The number of hydrogen-bond donors (Lipinski definition) is 2. The summed E-state index contributed by atoms with van der Waals surface area (Å²) >= 11 is 4.33. The predicted octanol–water partition coefficient (Wildman–Crippen LogP) is 2.37. The van der Waals surface area contributed by atoms with Crippen molar-refractivity contribution in [2.45, 2.75) is 44.3 Å². The van der Waals surface area contributed by atoms with Crippen LogP contribution in [-0.4, -0.2) is 46.3 Å². The molecule has 0 unspecified atom stereocenters. The molecule has 0 radical (unpaired) electrons. The van der Waals surface area contributed by atoms with Crippen molar-refractivity contribution < 1.29 is 70.3 Å². The van der Waals surface area contributed by atoms with Crippen molar-refractivity contribution in [3.63, 3.8) is 0 Å². The fourth-order valence-electron chi connectivity index (χ4n) is 3.58. The molecule has 36 heavy (non-hydrogen) atoms. The van der Waals surface area contributed by atoms with Gasteiger partial charge in [0.25, 0.3) is 0 Å². The number of primary amides is 1. The van der Waals surface area contributed by atoms with E-state index < -0.39 is 75.6 Å². The normalized spacial score (nSPS) is 24.2. The topological polar surface area (TPSA) is 122 Å². The van der Waals surface area contributed by atoms with E-state index >= 15 is 0 Å². The summed E-state index contributed by atoms with van der Waals surface area (Å²) in [5.74, 6) is -10.7. The van der Waals surface area contributed by atoms with E-state index in [2.05, 4.69) is 25.1 Å². The van der Waals surface area contributed by atoms with Gasteiger partial charge in [-0.3, -0.25) is 0 Å². The Morgan fingerprint density at radius 2 is 1.89 bits per heavy atom. The number of benzene rings is 1. The van der Waals surface area contributed by atoms with E-state index in [9.17, 15) is 40.3 Å². The SMILES string of the molecule is O.[CH-]=C/C(=C\[C](=[Ni])C(N)=O)NC(=O)[C@H]1O[C@@](C)(C(F)(F)F)[C@@H](C)[C@@H]1c1ccc(F)c(F)c1OC(F)F. The quantitative estimate of drug-likeness (QED) is 0.215. The molecule has 2 amide bonds. The first-order chi connectivity index (χ1) is 16.0. The molecule has 1 aromatic carbocycles. The van der Waals surface area contributed by atoms with Crippen LogP contribution >= 0.6 is 0 Å². The fraction of sp³-hybridized carbons (Fsp3) is 0.381. The third kappa shape index (κ3) is 6.13. The Hall–Kier alpha value is -2.77. The Labute approximate surface area is 207 Å². The maximum absolute atomic E-state index is 14.4. The van der Waals surface area contributed by atoms with E-state index in [1.807, 2.05) is 0 Å². The third-order valence-corrected chi connectivity index (χ3v) is 5.90. The van der Waals surface area contributed by atoms with Crippen LogP contribution in [0.4, 0.5) is 30.7 Å². The molecule has 0 saturated carbocycles. The molecule has 4 atom stereocenters. The predicted molar refractivity (Wildman–Crippen MR) is 107 cm³/mol.